The first-order chi connectivity index (χ1) is 10.6. The van der Waals surface area contributed by atoms with Crippen LogP contribution in [0.5, 0.6) is 0 Å². The van der Waals surface area contributed by atoms with E-state index in [1.165, 1.54) is 5.01 Å². The monoisotopic (exact) mass is 317 g/mol. The number of hydrogen-bond acceptors (Lipinski definition) is 5. The first kappa shape index (κ1) is 15.1. The van der Waals surface area contributed by atoms with Gasteiger partial charge in [-0.05, 0) is 38.4 Å². The van der Waals surface area contributed by atoms with Crippen LogP contribution in [0.15, 0.2) is 23.7 Å². The Labute approximate surface area is 133 Å². The van der Waals surface area contributed by atoms with Crippen LogP contribution in [0.1, 0.15) is 45.5 Å². The van der Waals surface area contributed by atoms with E-state index in [0.29, 0.717) is 23.7 Å². The maximum atomic E-state index is 11.3. The molecule has 0 aliphatic carbocycles. The Morgan fingerprint density at radius 2 is 2.41 bits per heavy atom. The fourth-order valence-corrected chi connectivity index (χ4v) is 3.86. The van der Waals surface area contributed by atoms with Crippen LogP contribution in [0.2, 0.25) is 0 Å². The molecule has 0 spiro atoms. The van der Waals surface area contributed by atoms with E-state index < -0.39 is 5.97 Å². The van der Waals surface area contributed by atoms with Crippen molar-refractivity contribution in [2.45, 2.75) is 32.2 Å². The maximum Gasteiger partial charge on any atom is 0.337 e. The molecule has 1 unspecified atom stereocenters. The van der Waals surface area contributed by atoms with Crippen molar-refractivity contribution >= 4 is 17.3 Å². The topological polar surface area (TPSA) is 66.3 Å². The molecule has 1 fully saturated rings. The molecule has 2 aromatic heterocycles. The molecule has 22 heavy (non-hydrogen) atoms. The van der Waals surface area contributed by atoms with Gasteiger partial charge in [0, 0.05) is 36.3 Å². The number of thiazole rings is 1. The van der Waals surface area contributed by atoms with Gasteiger partial charge in [-0.3, -0.25) is 9.88 Å². The first-order valence-electron chi connectivity index (χ1n) is 7.45. The molecule has 5 nitrogen and oxygen atoms in total. The van der Waals surface area contributed by atoms with Crippen LogP contribution in [0, 0.1) is 6.92 Å². The summed E-state index contributed by atoms with van der Waals surface area (Å²) in [5, 5.41) is 12.5. The van der Waals surface area contributed by atoms with Gasteiger partial charge in [-0.2, -0.15) is 0 Å². The van der Waals surface area contributed by atoms with E-state index >= 15 is 0 Å². The zero-order valence-corrected chi connectivity index (χ0v) is 13.3. The van der Waals surface area contributed by atoms with Crippen molar-refractivity contribution in [3.63, 3.8) is 0 Å². The zero-order valence-electron chi connectivity index (χ0n) is 12.5. The second kappa shape index (κ2) is 6.54. The van der Waals surface area contributed by atoms with Crippen LogP contribution < -0.4 is 0 Å². The molecule has 1 aliphatic rings. The normalized spacial score (nSPS) is 19.2. The quantitative estimate of drug-likeness (QED) is 0.939. The molecule has 0 bridgehead atoms. The fraction of sp³-hybridized carbons (Fsp3) is 0.438. The average Bonchev–Trinajstić information content (AvgIpc) is 2.94. The summed E-state index contributed by atoms with van der Waals surface area (Å²) in [5.41, 5.74) is 2.02. The molecule has 3 heterocycles. The molecule has 116 valence electrons. The summed E-state index contributed by atoms with van der Waals surface area (Å²) in [6.45, 7) is 4.51. The highest BCUT2D eigenvalue weighted by Crippen LogP contribution is 2.29. The number of nitrogens with zero attached hydrogens (tertiary/aromatic N) is 3. The summed E-state index contributed by atoms with van der Waals surface area (Å²) in [6, 6.07) is 3.29. The Morgan fingerprint density at radius 3 is 3.14 bits per heavy atom. The lowest BCUT2D eigenvalue weighted by atomic mass is 9.98. The summed E-state index contributed by atoms with van der Waals surface area (Å²) in [5.74, 6) is -0.461. The SMILES string of the molecule is Cc1csc(C2CCCN(Cc3ncccc3C(=O)O)C2)n1. The molecule has 3 rings (SSSR count). The Hall–Kier alpha value is -1.79. The van der Waals surface area contributed by atoms with Crippen molar-refractivity contribution in [1.82, 2.24) is 14.9 Å². The van der Waals surface area contributed by atoms with Crippen LogP contribution >= 0.6 is 11.3 Å². The van der Waals surface area contributed by atoms with Crippen molar-refractivity contribution in [1.29, 1.82) is 0 Å². The molecule has 1 N–H and O–H groups in total. The summed E-state index contributed by atoms with van der Waals surface area (Å²) in [4.78, 5) is 22.4. The number of piperidine rings is 1. The number of carboxylic acids is 1. The predicted molar refractivity (Wildman–Crippen MR) is 85.3 cm³/mol. The Morgan fingerprint density at radius 1 is 1.55 bits per heavy atom. The van der Waals surface area contributed by atoms with Crippen LogP contribution in [0.25, 0.3) is 0 Å². The minimum atomic E-state index is -0.910. The number of carbonyl (C=O) groups is 1. The van der Waals surface area contributed by atoms with Gasteiger partial charge in [0.15, 0.2) is 0 Å². The second-order valence-electron chi connectivity index (χ2n) is 5.70. The third-order valence-corrected chi connectivity index (χ3v) is 5.11. The number of hydrogen-bond donors (Lipinski definition) is 1. The van der Waals surface area contributed by atoms with Crippen molar-refractivity contribution in [3.05, 3.63) is 45.7 Å². The standard InChI is InChI=1S/C16H19N3O2S/c1-11-10-22-15(18-11)12-4-3-7-19(8-12)9-14-13(16(20)21)5-2-6-17-14/h2,5-6,10,12H,3-4,7-9H2,1H3,(H,20,21). The third-order valence-electron chi connectivity index (χ3n) is 3.99. The summed E-state index contributed by atoms with van der Waals surface area (Å²) >= 11 is 1.72. The van der Waals surface area contributed by atoms with Gasteiger partial charge in [0.1, 0.15) is 0 Å². The smallest absolute Gasteiger partial charge is 0.337 e. The van der Waals surface area contributed by atoms with Crippen LogP contribution in [-0.2, 0) is 6.54 Å². The van der Waals surface area contributed by atoms with E-state index in [1.54, 1.807) is 29.7 Å². The third kappa shape index (κ3) is 3.34. The van der Waals surface area contributed by atoms with Gasteiger partial charge in [0.25, 0.3) is 0 Å². The highest BCUT2D eigenvalue weighted by atomic mass is 32.1. The number of aromatic carboxylic acids is 1. The lowest BCUT2D eigenvalue weighted by Gasteiger charge is -2.31. The van der Waals surface area contributed by atoms with Gasteiger partial charge in [-0.15, -0.1) is 11.3 Å². The Bertz CT molecular complexity index is 671. The van der Waals surface area contributed by atoms with Crippen molar-refractivity contribution in [2.24, 2.45) is 0 Å². The number of pyridine rings is 1. The average molecular weight is 317 g/mol. The number of rotatable bonds is 4. The molecule has 6 heteroatoms. The van der Waals surface area contributed by atoms with Gasteiger partial charge >= 0.3 is 5.97 Å². The number of aryl methyl sites for hydroxylation is 1. The number of carboxylic acid groups (broad SMARTS) is 1. The van der Waals surface area contributed by atoms with E-state index in [1.807, 2.05) is 6.92 Å². The first-order valence-corrected chi connectivity index (χ1v) is 8.33. The van der Waals surface area contributed by atoms with Gasteiger partial charge in [0.2, 0.25) is 0 Å². The van der Waals surface area contributed by atoms with E-state index in [-0.39, 0.29) is 0 Å². The van der Waals surface area contributed by atoms with E-state index in [9.17, 15) is 9.90 Å². The van der Waals surface area contributed by atoms with Crippen molar-refractivity contribution in [2.75, 3.05) is 13.1 Å². The van der Waals surface area contributed by atoms with Crippen molar-refractivity contribution < 1.29 is 9.90 Å². The lowest BCUT2D eigenvalue weighted by molar-refractivity contribution is 0.0693. The van der Waals surface area contributed by atoms with Gasteiger partial charge in [-0.1, -0.05) is 0 Å². The van der Waals surface area contributed by atoms with Gasteiger partial charge in [-0.25, -0.2) is 9.78 Å². The number of aromatic nitrogens is 2. The Kier molecular flexibility index (Phi) is 4.49. The molecular formula is C16H19N3O2S. The lowest BCUT2D eigenvalue weighted by Crippen LogP contribution is -2.34. The van der Waals surface area contributed by atoms with Crippen LogP contribution in [0.3, 0.4) is 0 Å². The molecule has 2 aromatic rings. The minimum Gasteiger partial charge on any atom is -0.478 e. The molecule has 0 aromatic carbocycles. The molecule has 0 radical (unpaired) electrons. The van der Waals surface area contributed by atoms with Crippen LogP contribution in [-0.4, -0.2) is 39.0 Å². The molecule has 1 atom stereocenters. The fourth-order valence-electron chi connectivity index (χ4n) is 2.93. The Balaban J connectivity index is 1.72. The minimum absolute atomic E-state index is 0.301. The summed E-state index contributed by atoms with van der Waals surface area (Å²) < 4.78 is 0. The summed E-state index contributed by atoms with van der Waals surface area (Å²) in [6.07, 6.45) is 3.92. The molecule has 1 aliphatic heterocycles. The van der Waals surface area contributed by atoms with Crippen LogP contribution in [0.4, 0.5) is 0 Å². The largest absolute Gasteiger partial charge is 0.478 e. The van der Waals surface area contributed by atoms with Gasteiger partial charge < -0.3 is 5.11 Å². The highest BCUT2D eigenvalue weighted by molar-refractivity contribution is 7.09. The summed E-state index contributed by atoms with van der Waals surface area (Å²) in [7, 11) is 0. The molecule has 1 saturated heterocycles. The second-order valence-corrected chi connectivity index (χ2v) is 6.59. The molecule has 0 saturated carbocycles. The maximum absolute atomic E-state index is 11.3. The molecular weight excluding hydrogens is 298 g/mol. The predicted octanol–water partition coefficient (Wildman–Crippen LogP) is 2.92. The van der Waals surface area contributed by atoms with Gasteiger partial charge in [0.05, 0.1) is 16.3 Å². The van der Waals surface area contributed by atoms with Crippen molar-refractivity contribution in [3.8, 4) is 0 Å². The molecule has 0 amide bonds. The van der Waals surface area contributed by atoms with E-state index in [4.69, 9.17) is 0 Å². The highest BCUT2D eigenvalue weighted by Gasteiger charge is 2.24. The number of likely N-dealkylation sites (tertiary alicyclic amines) is 1. The zero-order chi connectivity index (χ0) is 15.5. The van der Waals surface area contributed by atoms with E-state index in [2.05, 4.69) is 20.2 Å². The van der Waals surface area contributed by atoms with E-state index in [0.717, 1.165) is 31.6 Å².